The molecule has 0 aliphatic heterocycles. The smallest absolute Gasteiger partial charge is 0.238 e. The first kappa shape index (κ1) is 17.1. The van der Waals surface area contributed by atoms with Gasteiger partial charge >= 0.3 is 0 Å². The summed E-state index contributed by atoms with van der Waals surface area (Å²) in [6.45, 7) is 3.72. The van der Waals surface area contributed by atoms with Crippen molar-refractivity contribution in [3.05, 3.63) is 65.7 Å². The molecule has 0 aliphatic carbocycles. The number of rotatable bonds is 4. The number of hydrogen-bond acceptors (Lipinski definition) is 5. The number of primary sulfonamides is 1. The van der Waals surface area contributed by atoms with Crippen LogP contribution in [-0.4, -0.2) is 18.6 Å². The zero-order valence-electron chi connectivity index (χ0n) is 13.9. The van der Waals surface area contributed by atoms with Crippen LogP contribution in [-0.2, 0) is 10.0 Å². The lowest BCUT2D eigenvalue weighted by Crippen LogP contribution is -2.13. The SMILES string of the molecule is Cc1ccc(Nc2ccc(-c3ccc(C)c(S(N)(=O)=O)c3)nn2)cc1. The number of aromatic nitrogens is 2. The van der Waals surface area contributed by atoms with Crippen LogP contribution in [0.3, 0.4) is 0 Å². The van der Waals surface area contributed by atoms with E-state index in [-0.39, 0.29) is 4.90 Å². The fourth-order valence-corrected chi connectivity index (χ4v) is 3.21. The molecular weight excluding hydrogens is 336 g/mol. The van der Waals surface area contributed by atoms with Gasteiger partial charge in [-0.05, 0) is 49.7 Å². The Bertz CT molecular complexity index is 998. The number of benzene rings is 2. The highest BCUT2D eigenvalue weighted by Crippen LogP contribution is 2.24. The van der Waals surface area contributed by atoms with Gasteiger partial charge in [0.15, 0.2) is 5.82 Å². The van der Waals surface area contributed by atoms with Crippen molar-refractivity contribution < 1.29 is 8.42 Å². The summed E-state index contributed by atoms with van der Waals surface area (Å²) in [5.74, 6) is 0.603. The van der Waals surface area contributed by atoms with E-state index < -0.39 is 10.0 Å². The molecule has 6 nitrogen and oxygen atoms in total. The Hall–Kier alpha value is -2.77. The summed E-state index contributed by atoms with van der Waals surface area (Å²) in [5.41, 5.74) is 3.90. The minimum absolute atomic E-state index is 0.0913. The summed E-state index contributed by atoms with van der Waals surface area (Å²) in [5, 5.41) is 16.7. The minimum Gasteiger partial charge on any atom is -0.339 e. The molecule has 0 saturated heterocycles. The molecule has 0 bridgehead atoms. The van der Waals surface area contributed by atoms with E-state index in [1.54, 1.807) is 31.2 Å². The number of aryl methyl sites for hydroxylation is 2. The van der Waals surface area contributed by atoms with Gasteiger partial charge < -0.3 is 5.32 Å². The van der Waals surface area contributed by atoms with E-state index in [1.165, 1.54) is 11.6 Å². The quantitative estimate of drug-likeness (QED) is 0.750. The molecule has 0 spiro atoms. The number of nitrogens with one attached hydrogen (secondary N) is 1. The molecule has 7 heteroatoms. The van der Waals surface area contributed by atoms with Crippen LogP contribution in [0.25, 0.3) is 11.3 Å². The first-order valence-electron chi connectivity index (χ1n) is 7.64. The lowest BCUT2D eigenvalue weighted by Gasteiger charge is -2.08. The van der Waals surface area contributed by atoms with E-state index in [1.807, 2.05) is 31.2 Å². The first-order chi connectivity index (χ1) is 11.8. The van der Waals surface area contributed by atoms with Gasteiger partial charge in [0.25, 0.3) is 0 Å². The Morgan fingerprint density at radius 1 is 0.920 bits per heavy atom. The lowest BCUT2D eigenvalue weighted by atomic mass is 10.1. The standard InChI is InChI=1S/C18H18N4O2S/c1-12-3-7-15(8-4-12)20-18-10-9-16(21-22-18)14-6-5-13(2)17(11-14)25(19,23)24/h3-11H,1-2H3,(H,20,22)(H2,19,23,24). The third-order valence-electron chi connectivity index (χ3n) is 3.78. The summed E-state index contributed by atoms with van der Waals surface area (Å²) in [6, 6.07) is 16.5. The first-order valence-corrected chi connectivity index (χ1v) is 9.19. The van der Waals surface area contributed by atoms with E-state index in [9.17, 15) is 8.42 Å². The van der Waals surface area contributed by atoms with Crippen LogP contribution < -0.4 is 10.5 Å². The van der Waals surface area contributed by atoms with Crippen LogP contribution >= 0.6 is 0 Å². The van der Waals surface area contributed by atoms with Gasteiger partial charge in [0.2, 0.25) is 10.0 Å². The number of anilines is 2. The lowest BCUT2D eigenvalue weighted by molar-refractivity contribution is 0.597. The molecule has 0 saturated carbocycles. The molecule has 0 fully saturated rings. The Balaban J connectivity index is 1.86. The largest absolute Gasteiger partial charge is 0.339 e. The molecule has 0 atom stereocenters. The highest BCUT2D eigenvalue weighted by Gasteiger charge is 2.13. The summed E-state index contributed by atoms with van der Waals surface area (Å²) >= 11 is 0. The molecule has 0 radical (unpaired) electrons. The van der Waals surface area contributed by atoms with Crippen LogP contribution in [0.1, 0.15) is 11.1 Å². The second kappa shape index (κ2) is 6.62. The van der Waals surface area contributed by atoms with Crippen molar-refractivity contribution in [1.29, 1.82) is 0 Å². The van der Waals surface area contributed by atoms with Gasteiger partial charge in [0, 0.05) is 11.3 Å². The topological polar surface area (TPSA) is 98.0 Å². The molecule has 2 aromatic carbocycles. The van der Waals surface area contributed by atoms with E-state index in [4.69, 9.17) is 5.14 Å². The van der Waals surface area contributed by atoms with Crippen LogP contribution in [0.4, 0.5) is 11.5 Å². The zero-order valence-corrected chi connectivity index (χ0v) is 14.7. The summed E-state index contributed by atoms with van der Waals surface area (Å²) in [7, 11) is -3.78. The zero-order chi connectivity index (χ0) is 18.0. The fraction of sp³-hybridized carbons (Fsp3) is 0.111. The Morgan fingerprint density at radius 2 is 1.64 bits per heavy atom. The Morgan fingerprint density at radius 3 is 2.24 bits per heavy atom. The maximum Gasteiger partial charge on any atom is 0.238 e. The highest BCUT2D eigenvalue weighted by atomic mass is 32.2. The Kier molecular flexibility index (Phi) is 4.52. The Labute approximate surface area is 146 Å². The maximum atomic E-state index is 11.7. The molecule has 3 aromatic rings. The molecule has 3 rings (SSSR count). The number of nitrogens with zero attached hydrogens (tertiary/aromatic N) is 2. The second-order valence-electron chi connectivity index (χ2n) is 5.82. The van der Waals surface area contributed by atoms with Crippen molar-refractivity contribution in [2.75, 3.05) is 5.32 Å². The van der Waals surface area contributed by atoms with Crippen LogP contribution in [0.2, 0.25) is 0 Å². The minimum atomic E-state index is -3.78. The molecule has 0 unspecified atom stereocenters. The van der Waals surface area contributed by atoms with E-state index in [2.05, 4.69) is 15.5 Å². The van der Waals surface area contributed by atoms with Gasteiger partial charge in [0.1, 0.15) is 0 Å². The molecule has 1 aromatic heterocycles. The summed E-state index contributed by atoms with van der Waals surface area (Å²) < 4.78 is 23.3. The van der Waals surface area contributed by atoms with Crippen LogP contribution in [0, 0.1) is 13.8 Å². The third-order valence-corrected chi connectivity index (χ3v) is 4.83. The third kappa shape index (κ3) is 4.01. The fourth-order valence-electron chi connectivity index (χ4n) is 2.40. The van der Waals surface area contributed by atoms with Crippen LogP contribution in [0.5, 0.6) is 0 Å². The van der Waals surface area contributed by atoms with Gasteiger partial charge in [-0.25, -0.2) is 13.6 Å². The second-order valence-corrected chi connectivity index (χ2v) is 7.35. The molecule has 25 heavy (non-hydrogen) atoms. The van der Waals surface area contributed by atoms with Gasteiger partial charge in [-0.2, -0.15) is 0 Å². The van der Waals surface area contributed by atoms with Crippen molar-refractivity contribution in [2.24, 2.45) is 5.14 Å². The van der Waals surface area contributed by atoms with Crippen molar-refractivity contribution in [3.8, 4) is 11.3 Å². The average molecular weight is 354 g/mol. The molecular formula is C18H18N4O2S. The molecule has 128 valence electrons. The van der Waals surface area contributed by atoms with Gasteiger partial charge in [0.05, 0.1) is 10.6 Å². The highest BCUT2D eigenvalue weighted by molar-refractivity contribution is 7.89. The normalized spacial score (nSPS) is 11.3. The van der Waals surface area contributed by atoms with Crippen molar-refractivity contribution in [1.82, 2.24) is 10.2 Å². The molecule has 3 N–H and O–H groups in total. The molecule has 0 aliphatic rings. The summed E-state index contributed by atoms with van der Waals surface area (Å²) in [4.78, 5) is 0.0913. The van der Waals surface area contributed by atoms with Crippen molar-refractivity contribution in [3.63, 3.8) is 0 Å². The monoisotopic (exact) mass is 354 g/mol. The number of sulfonamides is 1. The van der Waals surface area contributed by atoms with Gasteiger partial charge in [-0.3, -0.25) is 0 Å². The molecule has 1 heterocycles. The van der Waals surface area contributed by atoms with E-state index in [0.29, 0.717) is 22.6 Å². The van der Waals surface area contributed by atoms with Crippen LogP contribution in [0.15, 0.2) is 59.5 Å². The summed E-state index contributed by atoms with van der Waals surface area (Å²) in [6.07, 6.45) is 0. The van der Waals surface area contributed by atoms with Gasteiger partial charge in [-0.15, -0.1) is 10.2 Å². The average Bonchev–Trinajstić information content (AvgIpc) is 2.57. The van der Waals surface area contributed by atoms with E-state index >= 15 is 0 Å². The van der Waals surface area contributed by atoms with E-state index in [0.717, 1.165) is 5.69 Å². The number of hydrogen-bond donors (Lipinski definition) is 2. The van der Waals surface area contributed by atoms with Gasteiger partial charge in [-0.1, -0.05) is 29.8 Å². The predicted octanol–water partition coefficient (Wildman–Crippen LogP) is 3.15. The van der Waals surface area contributed by atoms with Crippen molar-refractivity contribution in [2.45, 2.75) is 18.7 Å². The molecule has 0 amide bonds. The van der Waals surface area contributed by atoms with Crippen molar-refractivity contribution >= 4 is 21.5 Å². The number of nitrogens with two attached hydrogens (primary N) is 1. The predicted molar refractivity (Wildman–Crippen MR) is 98.0 cm³/mol. The maximum absolute atomic E-state index is 11.7.